The summed E-state index contributed by atoms with van der Waals surface area (Å²) in [6.07, 6.45) is 0. The van der Waals surface area contributed by atoms with Crippen LogP contribution in [0.3, 0.4) is 0 Å². The Morgan fingerprint density at radius 2 is 1.87 bits per heavy atom. The van der Waals surface area contributed by atoms with Gasteiger partial charge in [0.1, 0.15) is 5.76 Å². The maximum Gasteiger partial charge on any atom is 0.293 e. The topological polar surface area (TPSA) is 66.7 Å². The molecule has 0 atom stereocenters. The molecule has 1 aromatic heterocycles. The number of carbonyl (C=O) groups excluding carboxylic acids is 1. The first kappa shape index (κ1) is 21.4. The van der Waals surface area contributed by atoms with Crippen LogP contribution in [0.4, 0.5) is 11.4 Å². The summed E-state index contributed by atoms with van der Waals surface area (Å²) in [5.41, 5.74) is 3.61. The summed E-state index contributed by atoms with van der Waals surface area (Å²) in [6, 6.07) is 16.8. The molecule has 160 valence electrons. The molecule has 0 bridgehead atoms. The van der Waals surface area contributed by atoms with Crippen LogP contribution in [0, 0.1) is 6.92 Å². The van der Waals surface area contributed by atoms with Crippen molar-refractivity contribution in [1.82, 2.24) is 5.32 Å². The van der Waals surface area contributed by atoms with Crippen molar-refractivity contribution in [2.75, 3.05) is 36.5 Å². The van der Waals surface area contributed by atoms with Crippen LogP contribution in [0.5, 0.6) is 0 Å². The van der Waals surface area contributed by atoms with E-state index in [0.717, 1.165) is 35.6 Å². The molecule has 2 heterocycles. The third-order valence-corrected chi connectivity index (χ3v) is 5.63. The summed E-state index contributed by atoms with van der Waals surface area (Å²) in [4.78, 5) is 14.8. The number of furan rings is 1. The van der Waals surface area contributed by atoms with Crippen LogP contribution in [-0.4, -0.2) is 37.3 Å². The third kappa shape index (κ3) is 5.07. The van der Waals surface area contributed by atoms with Gasteiger partial charge in [-0.25, -0.2) is 0 Å². The van der Waals surface area contributed by atoms with Crippen molar-refractivity contribution in [3.8, 4) is 11.3 Å². The zero-order chi connectivity index (χ0) is 21.8. The number of nitrogens with one attached hydrogen (secondary N) is 2. The molecule has 31 heavy (non-hydrogen) atoms. The SMILES string of the molecule is Cc1ccc(-c2ccc(C(=O)NC(=S)Nc3ccccc3N3CCOCC3)o2)cc1Cl. The summed E-state index contributed by atoms with van der Waals surface area (Å²) in [5, 5.41) is 6.64. The van der Waals surface area contributed by atoms with Gasteiger partial charge in [-0.15, -0.1) is 0 Å². The average molecular weight is 456 g/mol. The maximum atomic E-state index is 12.6. The van der Waals surface area contributed by atoms with E-state index in [4.69, 9.17) is 33.0 Å². The first-order valence-electron chi connectivity index (χ1n) is 9.91. The Hall–Kier alpha value is -2.87. The Balaban J connectivity index is 1.42. The second kappa shape index (κ2) is 9.51. The molecule has 1 saturated heterocycles. The molecule has 0 spiro atoms. The molecule has 1 fully saturated rings. The molecule has 1 aliphatic rings. The van der Waals surface area contributed by atoms with Crippen LogP contribution in [0.1, 0.15) is 16.1 Å². The number of aryl methyl sites for hydroxylation is 1. The van der Waals surface area contributed by atoms with Crippen LogP contribution in [0.15, 0.2) is 59.0 Å². The molecule has 4 rings (SSSR count). The minimum absolute atomic E-state index is 0.164. The number of rotatable bonds is 4. The summed E-state index contributed by atoms with van der Waals surface area (Å²) in [7, 11) is 0. The van der Waals surface area contributed by atoms with Gasteiger partial charge in [-0.3, -0.25) is 10.1 Å². The van der Waals surface area contributed by atoms with Gasteiger partial charge in [0.05, 0.1) is 24.6 Å². The molecule has 6 nitrogen and oxygen atoms in total. The molecule has 3 aromatic rings. The quantitative estimate of drug-likeness (QED) is 0.547. The lowest BCUT2D eigenvalue weighted by molar-refractivity contribution is 0.0951. The number of benzene rings is 2. The smallest absolute Gasteiger partial charge is 0.293 e. The second-order valence-corrected chi connectivity index (χ2v) is 7.97. The number of thiocarbonyl (C=S) groups is 1. The maximum absolute atomic E-state index is 12.6. The van der Waals surface area contributed by atoms with Crippen molar-refractivity contribution in [2.24, 2.45) is 0 Å². The fourth-order valence-corrected chi connectivity index (χ4v) is 3.72. The molecule has 0 aliphatic carbocycles. The number of morpholine rings is 1. The van der Waals surface area contributed by atoms with E-state index in [1.807, 2.05) is 49.4 Å². The predicted octanol–water partition coefficient (Wildman–Crippen LogP) is 4.87. The highest BCUT2D eigenvalue weighted by molar-refractivity contribution is 7.80. The number of hydrogen-bond acceptors (Lipinski definition) is 5. The van der Waals surface area contributed by atoms with Gasteiger partial charge >= 0.3 is 0 Å². The van der Waals surface area contributed by atoms with Crippen molar-refractivity contribution < 1.29 is 13.9 Å². The molecule has 8 heteroatoms. The van der Waals surface area contributed by atoms with E-state index < -0.39 is 5.91 Å². The van der Waals surface area contributed by atoms with Crippen LogP contribution >= 0.6 is 23.8 Å². The number of hydrogen-bond donors (Lipinski definition) is 2. The van der Waals surface area contributed by atoms with E-state index in [2.05, 4.69) is 15.5 Å². The average Bonchev–Trinajstić information content (AvgIpc) is 3.27. The van der Waals surface area contributed by atoms with Crippen LogP contribution in [0.25, 0.3) is 11.3 Å². The Morgan fingerprint density at radius 3 is 2.65 bits per heavy atom. The Labute approximate surface area is 191 Å². The van der Waals surface area contributed by atoms with Crippen molar-refractivity contribution in [1.29, 1.82) is 0 Å². The number of anilines is 2. The Morgan fingerprint density at radius 1 is 1.10 bits per heavy atom. The van der Waals surface area contributed by atoms with Gasteiger partial charge in [-0.05, 0) is 55.0 Å². The van der Waals surface area contributed by atoms with Crippen LogP contribution in [-0.2, 0) is 4.74 Å². The third-order valence-electron chi connectivity index (χ3n) is 5.02. The molecule has 2 N–H and O–H groups in total. The normalized spacial score (nSPS) is 13.7. The lowest BCUT2D eigenvalue weighted by atomic mass is 10.1. The number of carbonyl (C=O) groups is 1. The molecule has 0 radical (unpaired) electrons. The summed E-state index contributed by atoms with van der Waals surface area (Å²) >= 11 is 11.6. The molecular formula is C23H22ClN3O3S. The molecule has 2 aromatic carbocycles. The summed E-state index contributed by atoms with van der Waals surface area (Å²) in [5.74, 6) is 0.298. The van der Waals surface area contributed by atoms with Crippen molar-refractivity contribution in [3.63, 3.8) is 0 Å². The predicted molar refractivity (Wildman–Crippen MR) is 127 cm³/mol. The number of halogens is 1. The van der Waals surface area contributed by atoms with E-state index in [0.29, 0.717) is 24.0 Å². The van der Waals surface area contributed by atoms with Gasteiger partial charge in [0, 0.05) is 23.7 Å². The molecule has 1 aliphatic heterocycles. The van der Waals surface area contributed by atoms with Crippen molar-refractivity contribution in [2.45, 2.75) is 6.92 Å². The monoisotopic (exact) mass is 455 g/mol. The van der Waals surface area contributed by atoms with Gasteiger partial charge in [0.2, 0.25) is 0 Å². The molecule has 0 unspecified atom stereocenters. The van der Waals surface area contributed by atoms with Crippen molar-refractivity contribution in [3.05, 3.63) is 70.9 Å². The highest BCUT2D eigenvalue weighted by Gasteiger charge is 2.17. The highest BCUT2D eigenvalue weighted by Crippen LogP contribution is 2.28. The Bertz CT molecular complexity index is 1110. The summed E-state index contributed by atoms with van der Waals surface area (Å²) < 4.78 is 11.1. The minimum Gasteiger partial charge on any atom is -0.451 e. The van der Waals surface area contributed by atoms with Crippen LogP contribution < -0.4 is 15.5 Å². The number of ether oxygens (including phenoxy) is 1. The van der Waals surface area contributed by atoms with Gasteiger partial charge < -0.3 is 19.4 Å². The molecular weight excluding hydrogens is 434 g/mol. The lowest BCUT2D eigenvalue weighted by Crippen LogP contribution is -2.38. The molecule has 1 amide bonds. The first-order valence-corrected chi connectivity index (χ1v) is 10.7. The highest BCUT2D eigenvalue weighted by atomic mass is 35.5. The van der Waals surface area contributed by atoms with Gasteiger partial charge in [-0.1, -0.05) is 35.9 Å². The lowest BCUT2D eigenvalue weighted by Gasteiger charge is -2.30. The zero-order valence-corrected chi connectivity index (χ0v) is 18.6. The molecule has 0 saturated carbocycles. The van der Waals surface area contributed by atoms with Gasteiger partial charge in [-0.2, -0.15) is 0 Å². The standard InChI is InChI=1S/C23H22ClN3O3S/c1-15-6-7-16(14-17(15)24)20-8-9-21(30-20)22(28)26-23(31)25-18-4-2-3-5-19(18)27-10-12-29-13-11-27/h2-9,14H,10-13H2,1H3,(H2,25,26,28,31). The fraction of sp³-hybridized carbons (Fsp3) is 0.217. The van der Waals surface area contributed by atoms with E-state index in [9.17, 15) is 4.79 Å². The second-order valence-electron chi connectivity index (χ2n) is 7.15. The fourth-order valence-electron chi connectivity index (χ4n) is 3.34. The van der Waals surface area contributed by atoms with Crippen LogP contribution in [0.2, 0.25) is 5.02 Å². The van der Waals surface area contributed by atoms with Gasteiger partial charge in [0.15, 0.2) is 10.9 Å². The van der Waals surface area contributed by atoms with E-state index in [1.54, 1.807) is 12.1 Å². The largest absolute Gasteiger partial charge is 0.451 e. The van der Waals surface area contributed by atoms with E-state index in [-0.39, 0.29) is 10.9 Å². The van der Waals surface area contributed by atoms with E-state index >= 15 is 0 Å². The number of nitrogens with zero attached hydrogens (tertiary/aromatic N) is 1. The Kier molecular flexibility index (Phi) is 6.56. The summed E-state index contributed by atoms with van der Waals surface area (Å²) in [6.45, 7) is 4.90. The first-order chi connectivity index (χ1) is 15.0. The van der Waals surface area contributed by atoms with Gasteiger partial charge in [0.25, 0.3) is 5.91 Å². The minimum atomic E-state index is -0.425. The van der Waals surface area contributed by atoms with Crippen molar-refractivity contribution >= 4 is 46.2 Å². The zero-order valence-electron chi connectivity index (χ0n) is 17.0. The number of amides is 1. The van der Waals surface area contributed by atoms with E-state index in [1.165, 1.54) is 0 Å². The number of para-hydroxylation sites is 2.